The lowest BCUT2D eigenvalue weighted by Gasteiger charge is -2.12. The van der Waals surface area contributed by atoms with Gasteiger partial charge in [-0.1, -0.05) is 0 Å². The minimum atomic E-state index is -0.621. The van der Waals surface area contributed by atoms with Gasteiger partial charge < -0.3 is 10.2 Å². The third-order valence-electron chi connectivity index (χ3n) is 1.75. The van der Waals surface area contributed by atoms with Crippen LogP contribution in [-0.2, 0) is 0 Å². The Labute approximate surface area is 86.9 Å². The van der Waals surface area contributed by atoms with Gasteiger partial charge in [0.1, 0.15) is 5.82 Å². The molecule has 0 saturated heterocycles. The first-order valence-corrected chi connectivity index (χ1v) is 4.22. The number of nitrogens with zero attached hydrogens (tertiary/aromatic N) is 2. The Hall–Kier alpha value is -2.09. The van der Waals surface area contributed by atoms with E-state index in [9.17, 15) is 9.18 Å². The molecule has 0 saturated carbocycles. The van der Waals surface area contributed by atoms with Gasteiger partial charge in [-0.3, -0.25) is 0 Å². The molecule has 0 aliphatic carbocycles. The number of hydrogen-bond donors (Lipinski definition) is 1. The van der Waals surface area contributed by atoms with Gasteiger partial charge in [-0.2, -0.15) is 5.26 Å². The molecule has 1 aromatic carbocycles. The molecule has 1 aromatic rings. The van der Waals surface area contributed by atoms with Gasteiger partial charge in [-0.25, -0.2) is 9.18 Å². The number of nitrogens with one attached hydrogen (secondary N) is 1. The van der Waals surface area contributed by atoms with Crippen molar-refractivity contribution >= 4 is 11.7 Å². The van der Waals surface area contributed by atoms with Crippen LogP contribution in [0, 0.1) is 17.1 Å². The standard InChI is InChI=1S/C10H10FN3O/c1-14(2)10(15)13-9-4-3-7(6-12)5-8(9)11/h3-5H,1-2H3,(H,13,15). The van der Waals surface area contributed by atoms with E-state index < -0.39 is 11.8 Å². The first kappa shape index (κ1) is 11.0. The summed E-state index contributed by atoms with van der Waals surface area (Å²) in [5.74, 6) is -0.621. The highest BCUT2D eigenvalue weighted by Crippen LogP contribution is 2.15. The molecule has 0 heterocycles. The number of nitriles is 1. The third-order valence-corrected chi connectivity index (χ3v) is 1.75. The van der Waals surface area contributed by atoms with Gasteiger partial charge in [0.05, 0.1) is 17.3 Å². The van der Waals surface area contributed by atoms with Gasteiger partial charge in [0.2, 0.25) is 0 Å². The predicted octanol–water partition coefficient (Wildman–Crippen LogP) is 1.79. The van der Waals surface area contributed by atoms with E-state index in [2.05, 4.69) is 5.32 Å². The quantitative estimate of drug-likeness (QED) is 0.763. The second-order valence-corrected chi connectivity index (χ2v) is 3.13. The zero-order valence-electron chi connectivity index (χ0n) is 8.41. The maximum atomic E-state index is 13.3. The maximum Gasteiger partial charge on any atom is 0.321 e. The summed E-state index contributed by atoms with van der Waals surface area (Å²) < 4.78 is 13.3. The molecule has 1 N–H and O–H groups in total. The monoisotopic (exact) mass is 207 g/mol. The van der Waals surface area contributed by atoms with Crippen LogP contribution in [0.15, 0.2) is 18.2 Å². The smallest absolute Gasteiger partial charge is 0.321 e. The van der Waals surface area contributed by atoms with Crippen LogP contribution in [0.5, 0.6) is 0 Å². The average molecular weight is 207 g/mol. The molecule has 15 heavy (non-hydrogen) atoms. The molecule has 0 unspecified atom stereocenters. The number of amides is 2. The Kier molecular flexibility index (Phi) is 3.24. The molecular formula is C10H10FN3O. The fraction of sp³-hybridized carbons (Fsp3) is 0.200. The predicted molar refractivity (Wildman–Crippen MR) is 53.8 cm³/mol. The molecule has 0 fully saturated rings. The fourth-order valence-electron chi connectivity index (χ4n) is 0.913. The molecular weight excluding hydrogens is 197 g/mol. The molecule has 0 aliphatic heterocycles. The first-order chi connectivity index (χ1) is 7.04. The van der Waals surface area contributed by atoms with E-state index in [4.69, 9.17) is 5.26 Å². The van der Waals surface area contributed by atoms with Crippen molar-refractivity contribution in [2.45, 2.75) is 0 Å². The summed E-state index contributed by atoms with van der Waals surface area (Å²) in [7, 11) is 3.10. The number of anilines is 1. The van der Waals surface area contributed by atoms with Gasteiger partial charge in [-0.15, -0.1) is 0 Å². The van der Waals surface area contributed by atoms with Crippen LogP contribution in [0.25, 0.3) is 0 Å². The summed E-state index contributed by atoms with van der Waals surface area (Å²) in [5, 5.41) is 10.9. The summed E-state index contributed by atoms with van der Waals surface area (Å²) in [4.78, 5) is 12.5. The van der Waals surface area contributed by atoms with E-state index >= 15 is 0 Å². The Morgan fingerprint density at radius 3 is 2.67 bits per heavy atom. The van der Waals surface area contributed by atoms with Gasteiger partial charge in [0, 0.05) is 14.1 Å². The largest absolute Gasteiger partial charge is 0.331 e. The molecule has 1 rings (SSSR count). The Bertz CT molecular complexity index is 423. The number of rotatable bonds is 1. The number of benzene rings is 1. The minimum absolute atomic E-state index is 0.0627. The molecule has 78 valence electrons. The van der Waals surface area contributed by atoms with Crippen LogP contribution < -0.4 is 5.32 Å². The number of hydrogen-bond acceptors (Lipinski definition) is 2. The van der Waals surface area contributed by atoms with Gasteiger partial charge in [0.25, 0.3) is 0 Å². The fourth-order valence-corrected chi connectivity index (χ4v) is 0.913. The lowest BCUT2D eigenvalue weighted by atomic mass is 10.2. The zero-order chi connectivity index (χ0) is 11.4. The van der Waals surface area contributed by atoms with Crippen molar-refractivity contribution < 1.29 is 9.18 Å². The second kappa shape index (κ2) is 4.42. The first-order valence-electron chi connectivity index (χ1n) is 4.22. The minimum Gasteiger partial charge on any atom is -0.331 e. The maximum absolute atomic E-state index is 13.3. The van der Waals surface area contributed by atoms with Crippen LogP contribution in [0.3, 0.4) is 0 Å². The normalized spacial score (nSPS) is 9.20. The van der Waals surface area contributed by atoms with E-state index in [-0.39, 0.29) is 11.3 Å². The lowest BCUT2D eigenvalue weighted by Crippen LogP contribution is -2.27. The highest BCUT2D eigenvalue weighted by Gasteiger charge is 2.08. The topological polar surface area (TPSA) is 56.1 Å². The van der Waals surface area contributed by atoms with Gasteiger partial charge in [-0.05, 0) is 18.2 Å². The molecule has 0 atom stereocenters. The van der Waals surface area contributed by atoms with E-state index in [1.54, 1.807) is 14.1 Å². The molecule has 4 nitrogen and oxygen atoms in total. The van der Waals surface area contributed by atoms with Crippen molar-refractivity contribution in [2.24, 2.45) is 0 Å². The summed E-state index contributed by atoms with van der Waals surface area (Å²) in [6, 6.07) is 5.26. The van der Waals surface area contributed by atoms with E-state index in [1.165, 1.54) is 17.0 Å². The van der Waals surface area contributed by atoms with Crippen molar-refractivity contribution in [3.05, 3.63) is 29.6 Å². The number of carbonyl (C=O) groups excluding carboxylic acids is 1. The summed E-state index contributed by atoms with van der Waals surface area (Å²) in [5.41, 5.74) is 0.281. The van der Waals surface area contributed by atoms with E-state index in [0.717, 1.165) is 6.07 Å². The zero-order valence-corrected chi connectivity index (χ0v) is 8.41. The molecule has 0 radical (unpaired) electrons. The van der Waals surface area contributed by atoms with Crippen LogP contribution in [0.2, 0.25) is 0 Å². The SMILES string of the molecule is CN(C)C(=O)Nc1ccc(C#N)cc1F. The van der Waals surface area contributed by atoms with Gasteiger partial charge in [0.15, 0.2) is 0 Å². The summed E-state index contributed by atoms with van der Waals surface area (Å²) >= 11 is 0. The van der Waals surface area contributed by atoms with Crippen molar-refractivity contribution in [1.29, 1.82) is 5.26 Å². The summed E-state index contributed by atoms with van der Waals surface area (Å²) in [6.07, 6.45) is 0. The molecule has 0 spiro atoms. The van der Waals surface area contributed by atoms with Crippen LogP contribution in [0.4, 0.5) is 14.9 Å². The van der Waals surface area contributed by atoms with Crippen LogP contribution >= 0.6 is 0 Å². The van der Waals surface area contributed by atoms with Crippen molar-refractivity contribution in [2.75, 3.05) is 19.4 Å². The van der Waals surface area contributed by atoms with Crippen molar-refractivity contribution in [1.82, 2.24) is 4.90 Å². The third kappa shape index (κ3) is 2.68. The molecule has 0 aromatic heterocycles. The van der Waals surface area contributed by atoms with Crippen LogP contribution in [0.1, 0.15) is 5.56 Å². The van der Waals surface area contributed by atoms with Crippen molar-refractivity contribution in [3.8, 4) is 6.07 Å². The Morgan fingerprint density at radius 2 is 2.20 bits per heavy atom. The number of urea groups is 1. The lowest BCUT2D eigenvalue weighted by molar-refractivity contribution is 0.230. The van der Waals surface area contributed by atoms with Crippen LogP contribution in [-0.4, -0.2) is 25.0 Å². The average Bonchev–Trinajstić information content (AvgIpc) is 2.20. The summed E-state index contributed by atoms with van der Waals surface area (Å²) in [6.45, 7) is 0. The molecule has 2 amide bonds. The van der Waals surface area contributed by atoms with E-state index in [0.29, 0.717) is 0 Å². The Balaban J connectivity index is 2.89. The molecule has 5 heteroatoms. The van der Waals surface area contributed by atoms with Gasteiger partial charge >= 0.3 is 6.03 Å². The van der Waals surface area contributed by atoms with E-state index in [1.807, 2.05) is 6.07 Å². The number of halogens is 1. The number of carbonyl (C=O) groups is 1. The Morgan fingerprint density at radius 1 is 1.53 bits per heavy atom. The highest BCUT2D eigenvalue weighted by molar-refractivity contribution is 5.89. The second-order valence-electron chi connectivity index (χ2n) is 3.13. The van der Waals surface area contributed by atoms with Crippen molar-refractivity contribution in [3.63, 3.8) is 0 Å². The highest BCUT2D eigenvalue weighted by atomic mass is 19.1. The molecule has 0 bridgehead atoms. The molecule has 0 aliphatic rings.